The van der Waals surface area contributed by atoms with Crippen LogP contribution in [0.1, 0.15) is 5.56 Å². The zero-order valence-corrected chi connectivity index (χ0v) is 8.80. The van der Waals surface area contributed by atoms with Crippen LogP contribution in [0.25, 0.3) is 0 Å². The van der Waals surface area contributed by atoms with Crippen LogP contribution in [0.4, 0.5) is 17.6 Å². The molecule has 0 radical (unpaired) electrons. The number of hydrogen-bond acceptors (Lipinski definition) is 2. The van der Waals surface area contributed by atoms with Gasteiger partial charge in [0.2, 0.25) is 0 Å². The monoisotopic (exact) mass is 240 g/mol. The maximum Gasteiger partial charge on any atom is 0.573 e. The van der Waals surface area contributed by atoms with E-state index in [0.29, 0.717) is 0 Å². The molecular formula is C9H8F4OS. The lowest BCUT2D eigenvalue weighted by Crippen LogP contribution is -2.18. The summed E-state index contributed by atoms with van der Waals surface area (Å²) in [5.41, 5.74) is 0.286. The number of halogens is 4. The summed E-state index contributed by atoms with van der Waals surface area (Å²) in [5.74, 6) is -1.18. The Kier molecular flexibility index (Phi) is 3.49. The molecule has 0 saturated heterocycles. The molecule has 0 aliphatic heterocycles. The largest absolute Gasteiger partial charge is 0.573 e. The summed E-state index contributed by atoms with van der Waals surface area (Å²) in [6.45, 7) is 1.48. The molecular weight excluding hydrogens is 232 g/mol. The number of rotatable bonds is 2. The first-order valence-corrected chi connectivity index (χ1v) is 5.16. The van der Waals surface area contributed by atoms with Gasteiger partial charge in [-0.15, -0.1) is 24.9 Å². The standard InChI is InChI=1S/C9H8F4OS/c1-5-3-4-6(14-9(11,12)13)8(15-2)7(5)10/h3-4H,1-2H3. The number of benzene rings is 1. The summed E-state index contributed by atoms with van der Waals surface area (Å²) in [6.07, 6.45) is -3.31. The summed E-state index contributed by atoms with van der Waals surface area (Å²) in [7, 11) is 0. The highest BCUT2D eigenvalue weighted by atomic mass is 32.2. The molecule has 0 spiro atoms. The highest BCUT2D eigenvalue weighted by Crippen LogP contribution is 2.35. The van der Waals surface area contributed by atoms with Gasteiger partial charge in [-0.1, -0.05) is 6.07 Å². The molecule has 0 saturated carbocycles. The molecule has 1 nitrogen and oxygen atoms in total. The predicted octanol–water partition coefficient (Wildman–Crippen LogP) is 3.75. The Morgan fingerprint density at radius 1 is 1.27 bits per heavy atom. The van der Waals surface area contributed by atoms with E-state index in [1.54, 1.807) is 0 Å². The fourth-order valence-corrected chi connectivity index (χ4v) is 1.68. The molecule has 0 aromatic heterocycles. The minimum absolute atomic E-state index is 0.132. The molecule has 0 atom stereocenters. The van der Waals surface area contributed by atoms with Gasteiger partial charge in [-0.05, 0) is 24.8 Å². The van der Waals surface area contributed by atoms with E-state index in [-0.39, 0.29) is 10.5 Å². The predicted molar refractivity (Wildman–Crippen MR) is 49.6 cm³/mol. The highest BCUT2D eigenvalue weighted by molar-refractivity contribution is 7.98. The lowest BCUT2D eigenvalue weighted by molar-refractivity contribution is -0.275. The van der Waals surface area contributed by atoms with Crippen molar-refractivity contribution in [2.45, 2.75) is 18.2 Å². The Balaban J connectivity index is 3.14. The van der Waals surface area contributed by atoms with Crippen LogP contribution in [0.15, 0.2) is 17.0 Å². The van der Waals surface area contributed by atoms with Crippen molar-refractivity contribution in [2.75, 3.05) is 6.26 Å². The maximum atomic E-state index is 13.4. The first-order valence-electron chi connectivity index (χ1n) is 3.94. The van der Waals surface area contributed by atoms with Crippen molar-refractivity contribution in [1.29, 1.82) is 0 Å². The Hall–Kier alpha value is -0.910. The van der Waals surface area contributed by atoms with Crippen LogP contribution < -0.4 is 4.74 Å². The fourth-order valence-electron chi connectivity index (χ4n) is 1.03. The van der Waals surface area contributed by atoms with Crippen LogP contribution in [0.2, 0.25) is 0 Å². The topological polar surface area (TPSA) is 9.23 Å². The quantitative estimate of drug-likeness (QED) is 0.575. The van der Waals surface area contributed by atoms with Crippen LogP contribution in [0.5, 0.6) is 5.75 Å². The molecule has 0 amide bonds. The molecule has 0 heterocycles. The summed E-state index contributed by atoms with van der Waals surface area (Å²) in [6, 6.07) is 2.36. The van der Waals surface area contributed by atoms with Gasteiger partial charge in [-0.25, -0.2) is 4.39 Å². The van der Waals surface area contributed by atoms with E-state index in [4.69, 9.17) is 0 Å². The van der Waals surface area contributed by atoms with Gasteiger partial charge < -0.3 is 4.74 Å². The van der Waals surface area contributed by atoms with Gasteiger partial charge in [0.25, 0.3) is 0 Å². The second-order valence-corrected chi connectivity index (χ2v) is 3.59. The number of aryl methyl sites for hydroxylation is 1. The molecule has 15 heavy (non-hydrogen) atoms. The molecule has 0 bridgehead atoms. The fraction of sp³-hybridized carbons (Fsp3) is 0.333. The summed E-state index contributed by atoms with van der Waals surface area (Å²) in [5, 5.41) is 0. The van der Waals surface area contributed by atoms with E-state index in [1.165, 1.54) is 19.2 Å². The van der Waals surface area contributed by atoms with Crippen molar-refractivity contribution in [3.8, 4) is 5.75 Å². The number of hydrogen-bond donors (Lipinski definition) is 0. The van der Waals surface area contributed by atoms with Crippen molar-refractivity contribution in [1.82, 2.24) is 0 Å². The highest BCUT2D eigenvalue weighted by Gasteiger charge is 2.32. The van der Waals surface area contributed by atoms with E-state index in [0.717, 1.165) is 17.8 Å². The molecule has 0 unspecified atom stereocenters. The maximum absolute atomic E-state index is 13.4. The molecule has 1 aromatic rings. The van der Waals surface area contributed by atoms with Crippen molar-refractivity contribution in [3.05, 3.63) is 23.5 Å². The van der Waals surface area contributed by atoms with Crippen LogP contribution >= 0.6 is 11.8 Å². The van der Waals surface area contributed by atoms with Crippen LogP contribution in [0.3, 0.4) is 0 Å². The number of ether oxygens (including phenoxy) is 1. The zero-order valence-electron chi connectivity index (χ0n) is 7.98. The first-order chi connectivity index (χ1) is 6.85. The van der Waals surface area contributed by atoms with Gasteiger partial charge in [0.05, 0.1) is 4.90 Å². The van der Waals surface area contributed by atoms with Gasteiger partial charge in [0.1, 0.15) is 11.6 Å². The third kappa shape index (κ3) is 3.02. The zero-order chi connectivity index (χ0) is 11.6. The Labute approximate surface area is 88.4 Å². The van der Waals surface area contributed by atoms with E-state index >= 15 is 0 Å². The molecule has 0 fully saturated rings. The number of thioether (sulfide) groups is 1. The molecule has 6 heteroatoms. The van der Waals surface area contributed by atoms with Crippen molar-refractivity contribution in [2.24, 2.45) is 0 Å². The normalized spacial score (nSPS) is 11.6. The van der Waals surface area contributed by atoms with E-state index in [1.807, 2.05) is 0 Å². The first kappa shape index (κ1) is 12.2. The molecule has 1 rings (SSSR count). The van der Waals surface area contributed by atoms with Gasteiger partial charge in [0.15, 0.2) is 0 Å². The summed E-state index contributed by atoms with van der Waals surface area (Å²) >= 11 is 0.877. The average Bonchev–Trinajstić information content (AvgIpc) is 2.10. The van der Waals surface area contributed by atoms with Crippen LogP contribution in [-0.4, -0.2) is 12.6 Å². The molecule has 0 aliphatic rings. The third-order valence-electron chi connectivity index (χ3n) is 1.68. The smallest absolute Gasteiger partial charge is 0.404 e. The van der Waals surface area contributed by atoms with Gasteiger partial charge in [-0.3, -0.25) is 0 Å². The third-order valence-corrected chi connectivity index (χ3v) is 2.47. The Morgan fingerprint density at radius 2 is 1.87 bits per heavy atom. The van der Waals surface area contributed by atoms with Gasteiger partial charge in [0, 0.05) is 0 Å². The van der Waals surface area contributed by atoms with Crippen molar-refractivity contribution >= 4 is 11.8 Å². The van der Waals surface area contributed by atoms with Crippen LogP contribution in [0, 0.1) is 12.7 Å². The molecule has 84 valence electrons. The van der Waals surface area contributed by atoms with E-state index in [2.05, 4.69) is 4.74 Å². The second kappa shape index (κ2) is 4.30. The minimum Gasteiger partial charge on any atom is -0.404 e. The van der Waals surface area contributed by atoms with Crippen molar-refractivity contribution in [3.63, 3.8) is 0 Å². The second-order valence-electron chi connectivity index (χ2n) is 2.78. The number of alkyl halides is 3. The van der Waals surface area contributed by atoms with Crippen molar-refractivity contribution < 1.29 is 22.3 Å². The Bertz CT molecular complexity index is 362. The molecule has 0 aliphatic carbocycles. The summed E-state index contributed by atoms with van der Waals surface area (Å²) in [4.78, 5) is -0.132. The molecule has 0 N–H and O–H groups in total. The average molecular weight is 240 g/mol. The lowest BCUT2D eigenvalue weighted by atomic mass is 10.2. The van der Waals surface area contributed by atoms with E-state index < -0.39 is 17.9 Å². The van der Waals surface area contributed by atoms with Crippen LogP contribution in [-0.2, 0) is 0 Å². The Morgan fingerprint density at radius 3 is 2.33 bits per heavy atom. The molecule has 1 aromatic carbocycles. The van der Waals surface area contributed by atoms with Gasteiger partial charge in [-0.2, -0.15) is 0 Å². The summed E-state index contributed by atoms with van der Waals surface area (Å²) < 4.78 is 52.9. The minimum atomic E-state index is -4.80. The SMILES string of the molecule is CSc1c(OC(F)(F)F)ccc(C)c1F. The van der Waals surface area contributed by atoms with E-state index in [9.17, 15) is 17.6 Å². The lowest BCUT2D eigenvalue weighted by Gasteiger charge is -2.13. The van der Waals surface area contributed by atoms with Gasteiger partial charge >= 0.3 is 6.36 Å².